The molecule has 0 spiro atoms. The van der Waals surface area contributed by atoms with E-state index in [4.69, 9.17) is 0 Å². The molecule has 1 unspecified atom stereocenters. The summed E-state index contributed by atoms with van der Waals surface area (Å²) in [5.41, 5.74) is 1.27. The van der Waals surface area contributed by atoms with Gasteiger partial charge in [-0.3, -0.25) is 0 Å². The SMILES string of the molecule is Cc1sc(C(Br)c2ccc(Br)cc2)cc1Br. The van der Waals surface area contributed by atoms with Crippen LogP contribution in [-0.4, -0.2) is 0 Å². The third-order valence-electron chi connectivity index (χ3n) is 2.29. The van der Waals surface area contributed by atoms with Gasteiger partial charge < -0.3 is 0 Å². The molecule has 16 heavy (non-hydrogen) atoms. The quantitative estimate of drug-likeness (QED) is 0.513. The topological polar surface area (TPSA) is 0 Å². The van der Waals surface area contributed by atoms with Gasteiger partial charge in [0.2, 0.25) is 0 Å². The second-order valence-electron chi connectivity index (χ2n) is 3.47. The lowest BCUT2D eigenvalue weighted by Crippen LogP contribution is -1.88. The zero-order valence-electron chi connectivity index (χ0n) is 8.51. The monoisotopic (exact) mass is 422 g/mol. The summed E-state index contributed by atoms with van der Waals surface area (Å²) < 4.78 is 2.30. The van der Waals surface area contributed by atoms with E-state index in [1.54, 1.807) is 0 Å². The number of alkyl halides is 1. The van der Waals surface area contributed by atoms with Crippen LogP contribution in [0, 0.1) is 6.92 Å². The van der Waals surface area contributed by atoms with Crippen LogP contribution >= 0.6 is 59.1 Å². The Hall–Kier alpha value is 0.360. The Morgan fingerprint density at radius 3 is 2.25 bits per heavy atom. The Morgan fingerprint density at radius 2 is 1.75 bits per heavy atom. The van der Waals surface area contributed by atoms with E-state index < -0.39 is 0 Å². The molecule has 0 aliphatic carbocycles. The Balaban J connectivity index is 2.31. The number of aryl methyl sites for hydroxylation is 1. The van der Waals surface area contributed by atoms with E-state index in [0.717, 1.165) is 4.47 Å². The van der Waals surface area contributed by atoms with E-state index in [2.05, 4.69) is 85.0 Å². The maximum Gasteiger partial charge on any atom is 0.0738 e. The second kappa shape index (κ2) is 5.34. The molecule has 1 aromatic carbocycles. The van der Waals surface area contributed by atoms with Gasteiger partial charge in [0.1, 0.15) is 0 Å². The fraction of sp³-hybridized carbons (Fsp3) is 0.167. The molecule has 0 aliphatic rings. The minimum atomic E-state index is 0.274. The van der Waals surface area contributed by atoms with Gasteiger partial charge >= 0.3 is 0 Å². The maximum atomic E-state index is 3.74. The van der Waals surface area contributed by atoms with Gasteiger partial charge in [0.25, 0.3) is 0 Å². The van der Waals surface area contributed by atoms with Crippen molar-refractivity contribution in [1.29, 1.82) is 0 Å². The van der Waals surface area contributed by atoms with Gasteiger partial charge in [-0.05, 0) is 46.6 Å². The molecule has 2 aromatic rings. The van der Waals surface area contributed by atoms with E-state index in [-0.39, 0.29) is 4.83 Å². The van der Waals surface area contributed by atoms with E-state index in [1.807, 2.05) is 11.3 Å². The summed E-state index contributed by atoms with van der Waals surface area (Å²) in [5, 5.41) is 0. The highest BCUT2D eigenvalue weighted by Gasteiger charge is 2.14. The Bertz CT molecular complexity index is 468. The summed E-state index contributed by atoms with van der Waals surface area (Å²) in [7, 11) is 0. The first-order valence-corrected chi connectivity index (χ1v) is 8.05. The van der Waals surface area contributed by atoms with Crippen molar-refractivity contribution >= 4 is 59.1 Å². The molecule has 84 valence electrons. The lowest BCUT2D eigenvalue weighted by Gasteiger charge is -2.07. The fourth-order valence-corrected chi connectivity index (χ4v) is 3.95. The van der Waals surface area contributed by atoms with Crippen LogP contribution in [0.25, 0.3) is 0 Å². The molecule has 0 nitrogen and oxygen atoms in total. The lowest BCUT2D eigenvalue weighted by atomic mass is 10.1. The minimum absolute atomic E-state index is 0.274. The molecule has 0 saturated carbocycles. The minimum Gasteiger partial charge on any atom is -0.143 e. The average Bonchev–Trinajstić information content (AvgIpc) is 2.59. The zero-order chi connectivity index (χ0) is 11.7. The van der Waals surface area contributed by atoms with Crippen LogP contribution in [0.15, 0.2) is 39.3 Å². The Kier molecular flexibility index (Phi) is 4.27. The molecule has 1 atom stereocenters. The Labute approximate surface area is 124 Å². The largest absolute Gasteiger partial charge is 0.143 e. The highest BCUT2D eigenvalue weighted by atomic mass is 79.9. The first kappa shape index (κ1) is 12.8. The molecule has 4 heteroatoms. The summed E-state index contributed by atoms with van der Waals surface area (Å²) in [6.07, 6.45) is 0. The molecule has 0 bridgehead atoms. The molecule has 0 N–H and O–H groups in total. The van der Waals surface area contributed by atoms with Gasteiger partial charge in [-0.25, -0.2) is 0 Å². The summed E-state index contributed by atoms with van der Waals surface area (Å²) in [4.78, 5) is 2.92. The van der Waals surface area contributed by atoms with Crippen LogP contribution in [-0.2, 0) is 0 Å². The van der Waals surface area contributed by atoms with Crippen molar-refractivity contribution in [1.82, 2.24) is 0 Å². The lowest BCUT2D eigenvalue weighted by molar-refractivity contribution is 1.22. The second-order valence-corrected chi connectivity index (χ2v) is 7.44. The third kappa shape index (κ3) is 2.78. The summed E-state index contributed by atoms with van der Waals surface area (Å²) in [5.74, 6) is 0. The van der Waals surface area contributed by atoms with E-state index in [0.29, 0.717) is 0 Å². The molecule has 0 amide bonds. The van der Waals surface area contributed by atoms with Gasteiger partial charge in [-0.2, -0.15) is 0 Å². The number of halogens is 3. The third-order valence-corrected chi connectivity index (χ3v) is 6.34. The van der Waals surface area contributed by atoms with Crippen LogP contribution in [0.5, 0.6) is 0 Å². The van der Waals surface area contributed by atoms with E-state index >= 15 is 0 Å². The molecular formula is C12H9Br3S. The van der Waals surface area contributed by atoms with Crippen LogP contribution in [0.3, 0.4) is 0 Å². The smallest absolute Gasteiger partial charge is 0.0738 e. The first-order chi connectivity index (χ1) is 7.58. The van der Waals surface area contributed by atoms with Crippen molar-refractivity contribution in [2.24, 2.45) is 0 Å². The number of benzene rings is 1. The molecule has 0 fully saturated rings. The van der Waals surface area contributed by atoms with Crippen LogP contribution < -0.4 is 0 Å². The first-order valence-electron chi connectivity index (χ1n) is 4.73. The number of hydrogen-bond donors (Lipinski definition) is 0. The van der Waals surface area contributed by atoms with Gasteiger partial charge in [-0.15, -0.1) is 11.3 Å². The highest BCUT2D eigenvalue weighted by molar-refractivity contribution is 9.11. The fourth-order valence-electron chi connectivity index (χ4n) is 1.40. The molecule has 0 radical (unpaired) electrons. The average molecular weight is 425 g/mol. The van der Waals surface area contributed by atoms with Crippen LogP contribution in [0.4, 0.5) is 0 Å². The van der Waals surface area contributed by atoms with Crippen molar-refractivity contribution in [2.75, 3.05) is 0 Å². The zero-order valence-corrected chi connectivity index (χ0v) is 14.1. The summed E-state index contributed by atoms with van der Waals surface area (Å²) in [6, 6.07) is 10.6. The molecule has 2 rings (SSSR count). The number of thiophene rings is 1. The number of rotatable bonds is 2. The number of hydrogen-bond acceptors (Lipinski definition) is 1. The normalized spacial score (nSPS) is 12.8. The van der Waals surface area contributed by atoms with E-state index in [1.165, 1.54) is 19.8 Å². The van der Waals surface area contributed by atoms with Crippen LogP contribution in [0.2, 0.25) is 0 Å². The van der Waals surface area contributed by atoms with Crippen molar-refractivity contribution in [3.63, 3.8) is 0 Å². The predicted molar refractivity (Wildman–Crippen MR) is 81.7 cm³/mol. The molecule has 1 aromatic heterocycles. The molecule has 0 saturated heterocycles. The van der Waals surface area contributed by atoms with Gasteiger partial charge in [0.05, 0.1) is 4.83 Å². The van der Waals surface area contributed by atoms with Crippen LogP contribution in [0.1, 0.15) is 20.1 Å². The molecular weight excluding hydrogens is 416 g/mol. The molecule has 1 heterocycles. The maximum absolute atomic E-state index is 3.74. The highest BCUT2D eigenvalue weighted by Crippen LogP contribution is 2.38. The van der Waals surface area contributed by atoms with E-state index in [9.17, 15) is 0 Å². The van der Waals surface area contributed by atoms with Gasteiger partial charge in [0.15, 0.2) is 0 Å². The van der Waals surface area contributed by atoms with Crippen molar-refractivity contribution < 1.29 is 0 Å². The standard InChI is InChI=1S/C12H9Br3S/c1-7-10(14)6-11(16-7)12(15)8-2-4-9(13)5-3-8/h2-6,12H,1H3. The summed E-state index contributed by atoms with van der Waals surface area (Å²) >= 11 is 12.6. The van der Waals surface area contributed by atoms with Gasteiger partial charge in [0, 0.05) is 18.7 Å². The van der Waals surface area contributed by atoms with Crippen molar-refractivity contribution in [2.45, 2.75) is 11.8 Å². The molecule has 0 aliphatic heterocycles. The predicted octanol–water partition coefficient (Wildman–Crippen LogP) is 6.07. The van der Waals surface area contributed by atoms with Crippen molar-refractivity contribution in [3.8, 4) is 0 Å². The van der Waals surface area contributed by atoms with Crippen molar-refractivity contribution in [3.05, 3.63) is 54.6 Å². The van der Waals surface area contributed by atoms with Gasteiger partial charge in [-0.1, -0.05) is 44.0 Å². The Morgan fingerprint density at radius 1 is 1.12 bits per heavy atom. The summed E-state index contributed by atoms with van der Waals surface area (Å²) in [6.45, 7) is 2.12.